The number of hydrogen-bond donors (Lipinski definition) is 3. The van der Waals surface area contributed by atoms with Crippen LogP contribution in [-0.2, 0) is 11.3 Å². The van der Waals surface area contributed by atoms with Crippen molar-refractivity contribution in [3.05, 3.63) is 81.3 Å². The van der Waals surface area contributed by atoms with Gasteiger partial charge in [-0.15, -0.1) is 0 Å². The molecule has 1 aliphatic rings. The van der Waals surface area contributed by atoms with Gasteiger partial charge in [-0.3, -0.25) is 10.1 Å². The highest BCUT2D eigenvalue weighted by Crippen LogP contribution is 2.45. The van der Waals surface area contributed by atoms with Gasteiger partial charge in [-0.2, -0.15) is 5.26 Å². The van der Waals surface area contributed by atoms with E-state index in [1.807, 2.05) is 30.3 Å². The average molecular weight is 413 g/mol. The summed E-state index contributed by atoms with van der Waals surface area (Å²) in [6.45, 7) is 0.294. The van der Waals surface area contributed by atoms with Crippen molar-refractivity contribution in [3.8, 4) is 6.07 Å². The second-order valence-corrected chi connectivity index (χ2v) is 7.73. The maximum absolute atomic E-state index is 12.7. The molecule has 0 saturated carbocycles. The zero-order valence-corrected chi connectivity index (χ0v) is 16.3. The molecular formula is C20H17ClN4O2S. The van der Waals surface area contributed by atoms with Crippen LogP contribution in [0.15, 0.2) is 65.2 Å². The summed E-state index contributed by atoms with van der Waals surface area (Å²) in [5, 5.41) is 14.6. The van der Waals surface area contributed by atoms with Gasteiger partial charge in [-0.05, 0) is 23.3 Å². The first-order chi connectivity index (χ1) is 13.5. The smallest absolute Gasteiger partial charge is 0.321 e. The van der Waals surface area contributed by atoms with Gasteiger partial charge in [-0.1, -0.05) is 65.8 Å². The molecular weight excluding hydrogens is 396 g/mol. The minimum atomic E-state index is -0.724. The molecule has 8 heteroatoms. The fourth-order valence-corrected chi connectivity index (χ4v) is 4.21. The van der Waals surface area contributed by atoms with Crippen molar-refractivity contribution in [3.63, 3.8) is 0 Å². The number of nitriles is 1. The number of hydrogen-bond acceptors (Lipinski definition) is 5. The van der Waals surface area contributed by atoms with Gasteiger partial charge in [-0.25, -0.2) is 4.79 Å². The zero-order valence-electron chi connectivity index (χ0n) is 14.7. The van der Waals surface area contributed by atoms with Gasteiger partial charge in [0.2, 0.25) is 5.91 Å². The van der Waals surface area contributed by atoms with Gasteiger partial charge < -0.3 is 11.1 Å². The molecule has 4 N–H and O–H groups in total. The molecule has 0 spiro atoms. The molecule has 28 heavy (non-hydrogen) atoms. The van der Waals surface area contributed by atoms with Crippen molar-refractivity contribution >= 4 is 35.3 Å². The lowest BCUT2D eigenvalue weighted by atomic mass is 9.89. The molecule has 0 bridgehead atoms. The topological polar surface area (TPSA) is 108 Å². The molecule has 0 aromatic heterocycles. The van der Waals surface area contributed by atoms with Crippen molar-refractivity contribution in [1.82, 2.24) is 10.6 Å². The van der Waals surface area contributed by atoms with Crippen LogP contribution in [0.1, 0.15) is 17.0 Å². The van der Waals surface area contributed by atoms with Crippen LogP contribution in [0.2, 0.25) is 5.02 Å². The fourth-order valence-electron chi connectivity index (χ4n) is 2.92. The normalized spacial score (nSPS) is 18.4. The van der Waals surface area contributed by atoms with Crippen molar-refractivity contribution in [2.45, 2.75) is 17.7 Å². The second kappa shape index (κ2) is 8.83. The predicted molar refractivity (Wildman–Crippen MR) is 109 cm³/mol. The molecule has 1 aliphatic heterocycles. The van der Waals surface area contributed by atoms with E-state index in [1.54, 1.807) is 24.3 Å². The number of nitrogens with zero attached hydrogens (tertiary/aromatic N) is 1. The quantitative estimate of drug-likeness (QED) is 0.714. The number of benzene rings is 2. The number of amides is 3. The lowest BCUT2D eigenvalue weighted by Gasteiger charge is -2.19. The van der Waals surface area contributed by atoms with Crippen LogP contribution in [0.5, 0.6) is 0 Å². The third-order valence-corrected chi connectivity index (χ3v) is 5.74. The second-order valence-electron chi connectivity index (χ2n) is 6.11. The lowest BCUT2D eigenvalue weighted by molar-refractivity contribution is -0.119. The first kappa shape index (κ1) is 19.8. The Morgan fingerprint density at radius 3 is 2.46 bits per heavy atom. The van der Waals surface area contributed by atoms with Gasteiger partial charge in [0.25, 0.3) is 0 Å². The van der Waals surface area contributed by atoms with Crippen molar-refractivity contribution in [2.24, 2.45) is 5.73 Å². The molecule has 2 atom stereocenters. The largest absolute Gasteiger partial charge is 0.393 e. The van der Waals surface area contributed by atoms with Crippen LogP contribution < -0.4 is 16.4 Å². The van der Waals surface area contributed by atoms with Crippen LogP contribution in [0.4, 0.5) is 4.79 Å². The van der Waals surface area contributed by atoms with E-state index in [4.69, 9.17) is 17.3 Å². The third kappa shape index (κ3) is 4.47. The van der Waals surface area contributed by atoms with Gasteiger partial charge >= 0.3 is 6.03 Å². The standard InChI is InChI=1S/C20H17ClN4O2S/c21-14-8-6-13(7-9-14)16-15(10-22)18(23)28-17(16)19(26)25-20(27)24-11-12-4-2-1-3-5-12/h1-9,16-17H,11,23H2,(H2,24,25,26,27). The van der Waals surface area contributed by atoms with E-state index < -0.39 is 23.1 Å². The average Bonchev–Trinajstić information content (AvgIpc) is 3.04. The Labute approximate surface area is 171 Å². The molecule has 3 amide bonds. The zero-order chi connectivity index (χ0) is 20.1. The SMILES string of the molecule is N#CC1=C(N)SC(C(=O)NC(=O)NCc2ccccc2)C1c1ccc(Cl)cc1. The molecule has 2 aromatic carbocycles. The number of imide groups is 1. The highest BCUT2D eigenvalue weighted by atomic mass is 35.5. The summed E-state index contributed by atoms with van der Waals surface area (Å²) >= 11 is 7.01. The Hall–Kier alpha value is -2.95. The maximum Gasteiger partial charge on any atom is 0.321 e. The Morgan fingerprint density at radius 2 is 1.82 bits per heavy atom. The summed E-state index contributed by atoms with van der Waals surface area (Å²) in [6, 6.07) is 17.7. The van der Waals surface area contributed by atoms with E-state index in [0.29, 0.717) is 17.1 Å². The summed E-state index contributed by atoms with van der Waals surface area (Å²) in [6.07, 6.45) is 0. The number of rotatable bonds is 4. The van der Waals surface area contributed by atoms with Crippen LogP contribution >= 0.6 is 23.4 Å². The van der Waals surface area contributed by atoms with E-state index >= 15 is 0 Å². The molecule has 2 aromatic rings. The highest BCUT2D eigenvalue weighted by Gasteiger charge is 2.41. The van der Waals surface area contributed by atoms with Gasteiger partial charge in [0.05, 0.1) is 16.7 Å². The van der Waals surface area contributed by atoms with Crippen LogP contribution in [0.25, 0.3) is 0 Å². The number of urea groups is 1. The van der Waals surface area contributed by atoms with Gasteiger partial charge in [0.15, 0.2) is 0 Å². The molecule has 142 valence electrons. The van der Waals surface area contributed by atoms with Crippen LogP contribution in [0.3, 0.4) is 0 Å². The summed E-state index contributed by atoms with van der Waals surface area (Å²) < 4.78 is 0. The van der Waals surface area contributed by atoms with Crippen molar-refractivity contribution < 1.29 is 9.59 Å². The van der Waals surface area contributed by atoms with Gasteiger partial charge in [0.1, 0.15) is 5.25 Å². The van der Waals surface area contributed by atoms with E-state index in [2.05, 4.69) is 16.7 Å². The number of thioether (sulfide) groups is 1. The monoisotopic (exact) mass is 412 g/mol. The minimum absolute atomic E-state index is 0.285. The van der Waals surface area contributed by atoms with Crippen molar-refractivity contribution in [1.29, 1.82) is 5.26 Å². The first-order valence-corrected chi connectivity index (χ1v) is 9.70. The highest BCUT2D eigenvalue weighted by molar-refractivity contribution is 8.04. The number of carbonyl (C=O) groups is 2. The summed E-state index contributed by atoms with van der Waals surface area (Å²) in [4.78, 5) is 24.8. The molecule has 6 nitrogen and oxygen atoms in total. The first-order valence-electron chi connectivity index (χ1n) is 8.44. The molecule has 0 radical (unpaired) electrons. The summed E-state index contributed by atoms with van der Waals surface area (Å²) in [5.41, 5.74) is 7.92. The minimum Gasteiger partial charge on any atom is -0.393 e. The Kier molecular flexibility index (Phi) is 6.24. The number of nitrogens with two attached hydrogens (primary N) is 1. The molecule has 0 fully saturated rings. The third-order valence-electron chi connectivity index (χ3n) is 4.27. The molecule has 0 saturated heterocycles. The Morgan fingerprint density at radius 1 is 1.14 bits per heavy atom. The molecule has 3 rings (SSSR count). The predicted octanol–water partition coefficient (Wildman–Crippen LogP) is 3.26. The molecule has 2 unspecified atom stereocenters. The maximum atomic E-state index is 12.7. The number of carbonyl (C=O) groups excluding carboxylic acids is 2. The van der Waals surface area contributed by atoms with E-state index in [9.17, 15) is 14.9 Å². The Bertz CT molecular complexity index is 954. The van der Waals surface area contributed by atoms with E-state index in [1.165, 1.54) is 0 Å². The molecule has 0 aliphatic carbocycles. The lowest BCUT2D eigenvalue weighted by Crippen LogP contribution is -2.44. The van der Waals surface area contributed by atoms with Crippen LogP contribution in [0, 0.1) is 11.3 Å². The fraction of sp³-hybridized carbons (Fsp3) is 0.150. The van der Waals surface area contributed by atoms with E-state index in [-0.39, 0.29) is 5.03 Å². The Balaban J connectivity index is 1.70. The number of nitrogens with one attached hydrogen (secondary N) is 2. The van der Waals surface area contributed by atoms with Crippen molar-refractivity contribution in [2.75, 3.05) is 0 Å². The molecule has 1 heterocycles. The van der Waals surface area contributed by atoms with Gasteiger partial charge in [0, 0.05) is 17.5 Å². The number of allylic oxidation sites excluding steroid dienone is 1. The summed E-state index contributed by atoms with van der Waals surface area (Å²) in [5.74, 6) is -1.06. The van der Waals surface area contributed by atoms with E-state index in [0.717, 1.165) is 22.9 Å². The summed E-state index contributed by atoms with van der Waals surface area (Å²) in [7, 11) is 0. The van der Waals surface area contributed by atoms with Crippen LogP contribution in [-0.4, -0.2) is 17.2 Å². The number of halogens is 1.